The van der Waals surface area contributed by atoms with Crippen LogP contribution >= 0.6 is 11.3 Å². The van der Waals surface area contributed by atoms with Crippen molar-refractivity contribution < 1.29 is 0 Å². The highest BCUT2D eigenvalue weighted by Gasteiger charge is 2.16. The first-order chi connectivity index (χ1) is 8.65. The number of aliphatic imine (C=N–C) groups is 1. The van der Waals surface area contributed by atoms with Gasteiger partial charge in [0.1, 0.15) is 0 Å². The van der Waals surface area contributed by atoms with Gasteiger partial charge in [0.25, 0.3) is 0 Å². The average molecular weight is 266 g/mol. The van der Waals surface area contributed by atoms with Crippen LogP contribution in [-0.2, 0) is 6.54 Å². The first kappa shape index (κ1) is 13.3. The zero-order valence-electron chi connectivity index (χ0n) is 11.1. The quantitative estimate of drug-likeness (QED) is 0.635. The van der Waals surface area contributed by atoms with Crippen molar-refractivity contribution >= 4 is 17.3 Å². The Morgan fingerprint density at radius 1 is 1.61 bits per heavy atom. The molecule has 1 aliphatic rings. The van der Waals surface area contributed by atoms with Crippen molar-refractivity contribution in [3.63, 3.8) is 0 Å². The lowest BCUT2D eigenvalue weighted by Gasteiger charge is -2.25. The molecule has 0 radical (unpaired) electrons. The minimum atomic E-state index is 0.488. The molecule has 1 aliphatic carbocycles. The molecule has 1 aromatic heterocycles. The van der Waals surface area contributed by atoms with Gasteiger partial charge in [0.05, 0.1) is 17.2 Å². The molecule has 1 fully saturated rings. The molecule has 0 bridgehead atoms. The van der Waals surface area contributed by atoms with Crippen molar-refractivity contribution in [3.8, 4) is 0 Å². The van der Waals surface area contributed by atoms with Crippen molar-refractivity contribution in [2.75, 3.05) is 6.54 Å². The standard InChI is InChI=1S/C13H22N4S/c1-9(2)12-17-11(8-18-12)7-16-13(14)15-6-10-4-3-5-10/h8-10H,3-7H2,1-2H3,(H3,14,15,16). The summed E-state index contributed by atoms with van der Waals surface area (Å²) in [5.41, 5.74) is 6.84. The zero-order chi connectivity index (χ0) is 13.0. The van der Waals surface area contributed by atoms with E-state index in [0.29, 0.717) is 18.4 Å². The van der Waals surface area contributed by atoms with E-state index in [0.717, 1.165) is 18.2 Å². The second-order valence-electron chi connectivity index (χ2n) is 5.21. The van der Waals surface area contributed by atoms with Crippen molar-refractivity contribution in [1.82, 2.24) is 10.3 Å². The van der Waals surface area contributed by atoms with Crippen LogP contribution < -0.4 is 11.1 Å². The van der Waals surface area contributed by atoms with E-state index in [-0.39, 0.29) is 0 Å². The van der Waals surface area contributed by atoms with Crippen LogP contribution in [0.4, 0.5) is 0 Å². The van der Waals surface area contributed by atoms with E-state index in [9.17, 15) is 0 Å². The molecular formula is C13H22N4S. The molecule has 1 heterocycles. The number of nitrogens with one attached hydrogen (secondary N) is 1. The predicted molar refractivity (Wildman–Crippen MR) is 76.9 cm³/mol. The number of nitrogens with two attached hydrogens (primary N) is 1. The highest BCUT2D eigenvalue weighted by Crippen LogP contribution is 2.25. The number of guanidine groups is 1. The van der Waals surface area contributed by atoms with Gasteiger partial charge in [0.15, 0.2) is 5.96 Å². The average Bonchev–Trinajstić information content (AvgIpc) is 2.73. The number of hydrogen-bond acceptors (Lipinski definition) is 3. The molecule has 5 heteroatoms. The second kappa shape index (κ2) is 6.18. The third kappa shape index (κ3) is 3.70. The topological polar surface area (TPSA) is 63.3 Å². The van der Waals surface area contributed by atoms with E-state index < -0.39 is 0 Å². The predicted octanol–water partition coefficient (Wildman–Crippen LogP) is 2.47. The number of nitrogens with zero attached hydrogens (tertiary/aromatic N) is 2. The molecule has 2 rings (SSSR count). The Hall–Kier alpha value is -1.10. The van der Waals surface area contributed by atoms with Crippen molar-refractivity contribution in [2.24, 2.45) is 16.6 Å². The highest BCUT2D eigenvalue weighted by molar-refractivity contribution is 7.09. The molecule has 100 valence electrons. The van der Waals surface area contributed by atoms with Crippen LogP contribution in [-0.4, -0.2) is 17.5 Å². The largest absolute Gasteiger partial charge is 0.370 e. The molecule has 18 heavy (non-hydrogen) atoms. The third-order valence-electron chi connectivity index (χ3n) is 3.27. The maximum Gasteiger partial charge on any atom is 0.188 e. The molecule has 3 N–H and O–H groups in total. The molecule has 0 aromatic carbocycles. The van der Waals surface area contributed by atoms with Crippen LogP contribution in [0.1, 0.15) is 49.7 Å². The van der Waals surface area contributed by atoms with Crippen molar-refractivity contribution in [1.29, 1.82) is 0 Å². The molecule has 1 saturated carbocycles. The molecule has 0 unspecified atom stereocenters. The van der Waals surface area contributed by atoms with E-state index in [1.54, 1.807) is 11.3 Å². The van der Waals surface area contributed by atoms with Gasteiger partial charge in [0, 0.05) is 17.8 Å². The Morgan fingerprint density at radius 2 is 2.39 bits per heavy atom. The second-order valence-corrected chi connectivity index (χ2v) is 6.10. The first-order valence-corrected chi connectivity index (χ1v) is 7.51. The van der Waals surface area contributed by atoms with Gasteiger partial charge in [-0.2, -0.15) is 0 Å². The minimum absolute atomic E-state index is 0.488. The monoisotopic (exact) mass is 266 g/mol. The lowest BCUT2D eigenvalue weighted by Crippen LogP contribution is -2.37. The Morgan fingerprint density at radius 3 is 2.94 bits per heavy atom. The van der Waals surface area contributed by atoms with Crippen molar-refractivity contribution in [2.45, 2.75) is 45.6 Å². The van der Waals surface area contributed by atoms with Crippen molar-refractivity contribution in [3.05, 3.63) is 16.1 Å². The summed E-state index contributed by atoms with van der Waals surface area (Å²) in [7, 11) is 0. The number of aromatic nitrogens is 1. The van der Waals surface area contributed by atoms with Gasteiger partial charge < -0.3 is 11.1 Å². The van der Waals surface area contributed by atoms with Gasteiger partial charge in [-0.05, 0) is 18.8 Å². The lowest BCUT2D eigenvalue weighted by atomic mass is 9.85. The fourth-order valence-corrected chi connectivity index (χ4v) is 2.65. The van der Waals surface area contributed by atoms with E-state index in [1.807, 2.05) is 0 Å². The summed E-state index contributed by atoms with van der Waals surface area (Å²) >= 11 is 1.70. The molecule has 4 nitrogen and oxygen atoms in total. The first-order valence-electron chi connectivity index (χ1n) is 6.63. The maximum absolute atomic E-state index is 5.83. The highest BCUT2D eigenvalue weighted by atomic mass is 32.1. The van der Waals surface area contributed by atoms with Crippen LogP contribution in [0.3, 0.4) is 0 Å². The Balaban J connectivity index is 1.76. The normalized spacial score (nSPS) is 16.9. The molecule has 0 amide bonds. The summed E-state index contributed by atoms with van der Waals surface area (Å²) in [6.45, 7) is 5.84. The van der Waals surface area contributed by atoms with Gasteiger partial charge in [-0.25, -0.2) is 9.98 Å². The molecule has 0 spiro atoms. The molecule has 0 atom stereocenters. The summed E-state index contributed by atoms with van der Waals surface area (Å²) in [6.07, 6.45) is 4.01. The smallest absolute Gasteiger partial charge is 0.188 e. The summed E-state index contributed by atoms with van der Waals surface area (Å²) in [6, 6.07) is 0. The van der Waals surface area contributed by atoms with Crippen LogP contribution in [0.5, 0.6) is 0 Å². The lowest BCUT2D eigenvalue weighted by molar-refractivity contribution is 0.315. The van der Waals surface area contributed by atoms with E-state index >= 15 is 0 Å². The van der Waals surface area contributed by atoms with Crippen LogP contribution in [0.25, 0.3) is 0 Å². The van der Waals surface area contributed by atoms with E-state index in [4.69, 9.17) is 5.73 Å². The minimum Gasteiger partial charge on any atom is -0.370 e. The van der Waals surface area contributed by atoms with Gasteiger partial charge in [-0.3, -0.25) is 0 Å². The van der Waals surface area contributed by atoms with Gasteiger partial charge >= 0.3 is 0 Å². The molecule has 1 aromatic rings. The maximum atomic E-state index is 5.83. The number of hydrogen-bond donors (Lipinski definition) is 2. The van der Waals surface area contributed by atoms with Crippen LogP contribution in [0, 0.1) is 5.92 Å². The Bertz CT molecular complexity index is 407. The summed E-state index contributed by atoms with van der Waals surface area (Å²) < 4.78 is 0. The summed E-state index contributed by atoms with van der Waals surface area (Å²) in [5, 5.41) is 6.42. The Labute approximate surface area is 113 Å². The van der Waals surface area contributed by atoms with E-state index in [2.05, 4.69) is 34.5 Å². The summed E-state index contributed by atoms with van der Waals surface area (Å²) in [5.74, 6) is 1.83. The number of thiazole rings is 1. The van der Waals surface area contributed by atoms with Crippen LogP contribution in [0.2, 0.25) is 0 Å². The molecule has 0 aliphatic heterocycles. The molecule has 0 saturated heterocycles. The van der Waals surface area contributed by atoms with Gasteiger partial charge in [-0.15, -0.1) is 11.3 Å². The number of rotatable bonds is 5. The fraction of sp³-hybridized carbons (Fsp3) is 0.692. The van der Waals surface area contributed by atoms with Gasteiger partial charge in [-0.1, -0.05) is 20.3 Å². The van der Waals surface area contributed by atoms with E-state index in [1.165, 1.54) is 24.3 Å². The Kier molecular flexibility index (Phi) is 4.58. The third-order valence-corrected chi connectivity index (χ3v) is 4.47. The fourth-order valence-electron chi connectivity index (χ4n) is 1.83. The zero-order valence-corrected chi connectivity index (χ0v) is 12.0. The van der Waals surface area contributed by atoms with Crippen LogP contribution in [0.15, 0.2) is 10.4 Å². The molecular weight excluding hydrogens is 244 g/mol. The van der Waals surface area contributed by atoms with Gasteiger partial charge in [0.2, 0.25) is 0 Å². The SMILES string of the molecule is CC(C)c1nc(CN=C(N)NCC2CCC2)cs1. The summed E-state index contributed by atoms with van der Waals surface area (Å²) in [4.78, 5) is 8.86.